The summed E-state index contributed by atoms with van der Waals surface area (Å²) in [6.45, 7) is 8.93. The van der Waals surface area contributed by atoms with Gasteiger partial charge in [0.15, 0.2) is 0 Å². The monoisotopic (exact) mass is 323 g/mol. The van der Waals surface area contributed by atoms with Crippen molar-refractivity contribution in [1.29, 1.82) is 0 Å². The van der Waals surface area contributed by atoms with E-state index in [1.54, 1.807) is 0 Å². The Kier molecular flexibility index (Phi) is 12.8. The quantitative estimate of drug-likeness (QED) is 0.580. The Morgan fingerprint density at radius 1 is 1.04 bits per heavy atom. The molecule has 1 unspecified atom stereocenters. The molecule has 0 saturated heterocycles. The Morgan fingerprint density at radius 3 is 2.22 bits per heavy atom. The summed E-state index contributed by atoms with van der Waals surface area (Å²) >= 11 is 0. The molecule has 3 nitrogen and oxygen atoms in total. The summed E-state index contributed by atoms with van der Waals surface area (Å²) in [4.78, 5) is 0. The predicted molar refractivity (Wildman–Crippen MR) is 100 cm³/mol. The van der Waals surface area contributed by atoms with Gasteiger partial charge in [0.05, 0.1) is 13.2 Å². The second-order valence-corrected chi connectivity index (χ2v) is 6.22. The summed E-state index contributed by atoms with van der Waals surface area (Å²) in [5.74, 6) is 0.937. The molecular formula is C20H37NO2. The van der Waals surface area contributed by atoms with Gasteiger partial charge in [0, 0.05) is 5.54 Å². The lowest BCUT2D eigenvalue weighted by Gasteiger charge is -2.21. The topological polar surface area (TPSA) is 55.5 Å². The van der Waals surface area contributed by atoms with E-state index in [2.05, 4.69) is 19.1 Å². The first-order valence-electron chi connectivity index (χ1n) is 9.19. The van der Waals surface area contributed by atoms with Crippen LogP contribution in [0.5, 0.6) is 5.75 Å². The Bertz CT molecular complexity index is 374. The molecule has 1 aromatic carbocycles. The molecule has 0 aliphatic heterocycles. The van der Waals surface area contributed by atoms with Gasteiger partial charge in [0.2, 0.25) is 0 Å². The van der Waals surface area contributed by atoms with Gasteiger partial charge in [-0.05, 0) is 43.9 Å². The molecule has 0 aliphatic carbocycles. The van der Waals surface area contributed by atoms with Gasteiger partial charge in [-0.3, -0.25) is 0 Å². The van der Waals surface area contributed by atoms with E-state index in [1.165, 1.54) is 31.2 Å². The van der Waals surface area contributed by atoms with Crippen LogP contribution in [0.2, 0.25) is 0 Å². The first kappa shape index (κ1) is 21.9. The predicted octanol–water partition coefficient (Wildman–Crippen LogP) is 4.70. The van der Waals surface area contributed by atoms with E-state index < -0.39 is 5.54 Å². The van der Waals surface area contributed by atoms with Crippen LogP contribution in [0.3, 0.4) is 0 Å². The molecule has 0 bridgehead atoms. The average molecular weight is 324 g/mol. The molecule has 0 fully saturated rings. The number of hydrogen-bond acceptors (Lipinski definition) is 3. The molecule has 1 aromatic rings. The van der Waals surface area contributed by atoms with Gasteiger partial charge in [-0.25, -0.2) is 0 Å². The van der Waals surface area contributed by atoms with Gasteiger partial charge in [-0.15, -0.1) is 0 Å². The zero-order chi connectivity index (χ0) is 17.6. The molecule has 0 radical (unpaired) electrons. The van der Waals surface area contributed by atoms with Crippen LogP contribution in [0.25, 0.3) is 0 Å². The number of ether oxygens (including phenoxy) is 1. The fourth-order valence-electron chi connectivity index (χ4n) is 2.16. The van der Waals surface area contributed by atoms with Gasteiger partial charge in [-0.2, -0.15) is 0 Å². The number of unbranched alkanes of at least 4 members (excludes halogenated alkanes) is 4. The zero-order valence-corrected chi connectivity index (χ0v) is 15.6. The Labute approximate surface area is 143 Å². The molecule has 23 heavy (non-hydrogen) atoms. The smallest absolute Gasteiger partial charge is 0.119 e. The van der Waals surface area contributed by atoms with Crippen molar-refractivity contribution in [2.75, 3.05) is 13.2 Å². The van der Waals surface area contributed by atoms with Crippen LogP contribution in [0.1, 0.15) is 71.8 Å². The molecule has 0 amide bonds. The Balaban J connectivity index is 0.00000232. The Morgan fingerprint density at radius 2 is 1.65 bits per heavy atom. The van der Waals surface area contributed by atoms with Crippen molar-refractivity contribution < 1.29 is 9.84 Å². The lowest BCUT2D eigenvalue weighted by atomic mass is 9.95. The second-order valence-electron chi connectivity index (χ2n) is 6.22. The third-order valence-corrected chi connectivity index (χ3v) is 3.79. The van der Waals surface area contributed by atoms with Crippen LogP contribution in [0, 0.1) is 0 Å². The highest BCUT2D eigenvalue weighted by Gasteiger charge is 2.16. The first-order valence-corrected chi connectivity index (χ1v) is 9.19. The van der Waals surface area contributed by atoms with E-state index in [9.17, 15) is 0 Å². The van der Waals surface area contributed by atoms with E-state index in [0.29, 0.717) is 0 Å². The lowest BCUT2D eigenvalue weighted by molar-refractivity contribution is 0.200. The normalized spacial score (nSPS) is 13.0. The first-order chi connectivity index (χ1) is 11.1. The number of rotatable bonds is 11. The van der Waals surface area contributed by atoms with Crippen molar-refractivity contribution in [3.05, 3.63) is 29.8 Å². The molecule has 0 aliphatic rings. The molecular weight excluding hydrogens is 286 g/mol. The van der Waals surface area contributed by atoms with Gasteiger partial charge in [-0.1, -0.05) is 58.6 Å². The van der Waals surface area contributed by atoms with Gasteiger partial charge >= 0.3 is 0 Å². The minimum atomic E-state index is -0.492. The number of aryl methyl sites for hydroxylation is 1. The van der Waals surface area contributed by atoms with Crippen molar-refractivity contribution >= 4 is 0 Å². The van der Waals surface area contributed by atoms with Gasteiger partial charge in [0.1, 0.15) is 5.75 Å². The zero-order valence-electron chi connectivity index (χ0n) is 15.6. The van der Waals surface area contributed by atoms with Crippen LogP contribution in [0.4, 0.5) is 0 Å². The van der Waals surface area contributed by atoms with E-state index in [-0.39, 0.29) is 6.61 Å². The van der Waals surface area contributed by atoms with Crippen LogP contribution in [-0.2, 0) is 6.42 Å². The summed E-state index contributed by atoms with van der Waals surface area (Å²) < 4.78 is 5.74. The maximum Gasteiger partial charge on any atom is 0.119 e. The van der Waals surface area contributed by atoms with E-state index in [0.717, 1.165) is 31.6 Å². The second kappa shape index (κ2) is 13.4. The van der Waals surface area contributed by atoms with E-state index in [4.69, 9.17) is 15.6 Å². The third-order valence-electron chi connectivity index (χ3n) is 3.79. The number of aliphatic hydroxyl groups is 1. The highest BCUT2D eigenvalue weighted by atomic mass is 16.5. The third kappa shape index (κ3) is 11.2. The van der Waals surface area contributed by atoms with Crippen LogP contribution in [-0.4, -0.2) is 23.9 Å². The summed E-state index contributed by atoms with van der Waals surface area (Å²) in [7, 11) is 0. The molecule has 3 N–H and O–H groups in total. The summed E-state index contributed by atoms with van der Waals surface area (Å²) in [5, 5.41) is 9.15. The van der Waals surface area contributed by atoms with Gasteiger partial charge in [0.25, 0.3) is 0 Å². The van der Waals surface area contributed by atoms with Crippen molar-refractivity contribution in [2.24, 2.45) is 5.73 Å². The van der Waals surface area contributed by atoms with Crippen molar-refractivity contribution in [1.82, 2.24) is 0 Å². The minimum absolute atomic E-state index is 0.0201. The van der Waals surface area contributed by atoms with Crippen LogP contribution in [0.15, 0.2) is 24.3 Å². The molecule has 0 saturated carbocycles. The number of hydrogen-bond donors (Lipinski definition) is 2. The fourth-order valence-corrected chi connectivity index (χ4v) is 2.16. The van der Waals surface area contributed by atoms with E-state index in [1.807, 2.05) is 32.9 Å². The maximum atomic E-state index is 9.15. The molecule has 0 heterocycles. The van der Waals surface area contributed by atoms with Crippen molar-refractivity contribution in [3.8, 4) is 5.75 Å². The largest absolute Gasteiger partial charge is 0.494 e. The van der Waals surface area contributed by atoms with E-state index >= 15 is 0 Å². The van der Waals surface area contributed by atoms with Crippen molar-refractivity contribution in [3.63, 3.8) is 0 Å². The minimum Gasteiger partial charge on any atom is -0.494 e. The summed E-state index contributed by atoms with van der Waals surface area (Å²) in [6.07, 6.45) is 7.95. The molecule has 0 aromatic heterocycles. The fraction of sp³-hybridized carbons (Fsp3) is 0.700. The molecule has 1 atom stereocenters. The number of benzene rings is 1. The SMILES string of the molecule is CC.CCCCCCCOc1ccc(CCC(C)(N)CO)cc1. The summed E-state index contributed by atoms with van der Waals surface area (Å²) in [5.41, 5.74) is 6.67. The molecule has 3 heteroatoms. The highest BCUT2D eigenvalue weighted by Crippen LogP contribution is 2.16. The highest BCUT2D eigenvalue weighted by molar-refractivity contribution is 5.27. The van der Waals surface area contributed by atoms with Crippen LogP contribution < -0.4 is 10.5 Å². The van der Waals surface area contributed by atoms with Crippen LogP contribution >= 0.6 is 0 Å². The number of nitrogens with two attached hydrogens (primary N) is 1. The van der Waals surface area contributed by atoms with Gasteiger partial charge < -0.3 is 15.6 Å². The molecule has 134 valence electrons. The average Bonchev–Trinajstić information content (AvgIpc) is 2.59. The van der Waals surface area contributed by atoms with Crippen molar-refractivity contribution in [2.45, 2.75) is 78.2 Å². The standard InChI is InChI=1S/C18H31NO2.C2H6/c1-3-4-5-6-7-14-21-17-10-8-16(9-11-17)12-13-18(2,19)15-20;1-2/h8-11,20H,3-7,12-15,19H2,1-2H3;1-2H3. The lowest BCUT2D eigenvalue weighted by Crippen LogP contribution is -2.40. The maximum absolute atomic E-state index is 9.15. The molecule has 0 spiro atoms. The Hall–Kier alpha value is -1.06. The molecule has 1 rings (SSSR count). The summed E-state index contributed by atoms with van der Waals surface area (Å²) in [6, 6.07) is 8.21. The number of aliphatic hydroxyl groups excluding tert-OH is 1.